The summed E-state index contributed by atoms with van der Waals surface area (Å²) in [7, 11) is 3.82. The minimum absolute atomic E-state index is 0.0417. The highest BCUT2D eigenvalue weighted by atomic mass is 16.3. The lowest BCUT2D eigenvalue weighted by atomic mass is 9.91. The van der Waals surface area contributed by atoms with Gasteiger partial charge in [0.1, 0.15) is 6.54 Å². The maximum Gasteiger partial charge on any atom is 0.263 e. The highest BCUT2D eigenvalue weighted by molar-refractivity contribution is 6.08. The van der Waals surface area contributed by atoms with Crippen LogP contribution < -0.4 is 5.73 Å². The van der Waals surface area contributed by atoms with Gasteiger partial charge in [0, 0.05) is 6.42 Å². The van der Waals surface area contributed by atoms with Crippen molar-refractivity contribution in [2.45, 2.75) is 116 Å². The topological polar surface area (TPSA) is 80.4 Å². The minimum atomic E-state index is -2.06. The average Bonchev–Trinajstić information content (AvgIpc) is 2.70. The third kappa shape index (κ3) is 14.5. The van der Waals surface area contributed by atoms with Gasteiger partial charge < -0.3 is 15.3 Å². The molecule has 0 fully saturated rings. The third-order valence-electron chi connectivity index (χ3n) is 6.02. The number of unbranched alkanes of at least 4 members (excludes halogenated alkanes) is 11. The molecule has 0 saturated carbocycles. The second kappa shape index (κ2) is 17.4. The molecule has 1 atom stereocenters. The van der Waals surface area contributed by atoms with E-state index in [0.717, 1.165) is 38.6 Å². The van der Waals surface area contributed by atoms with E-state index in [1.165, 1.54) is 51.4 Å². The summed E-state index contributed by atoms with van der Waals surface area (Å²) >= 11 is 0. The molecule has 0 aliphatic heterocycles. The molecular weight excluding hydrogens is 388 g/mol. The van der Waals surface area contributed by atoms with Crippen LogP contribution in [0, 0.1) is 0 Å². The minimum Gasteiger partial charge on any atom is -0.369 e. The van der Waals surface area contributed by atoms with Crippen molar-refractivity contribution in [2.24, 2.45) is 5.73 Å². The fraction of sp³-hybridized carbons (Fsp3) is 0.846. The molecule has 1 amide bonds. The first-order chi connectivity index (χ1) is 14.7. The van der Waals surface area contributed by atoms with Crippen molar-refractivity contribution < 1.29 is 19.2 Å². The van der Waals surface area contributed by atoms with E-state index in [1.54, 1.807) is 0 Å². The van der Waals surface area contributed by atoms with Gasteiger partial charge in [-0.25, -0.2) is 0 Å². The maximum absolute atomic E-state index is 12.6. The molecule has 0 bridgehead atoms. The van der Waals surface area contributed by atoms with Crippen LogP contribution in [-0.2, 0) is 9.59 Å². The second-order valence-corrected chi connectivity index (χ2v) is 9.80. The number of carbonyl (C=O) groups is 2. The Morgan fingerprint density at radius 1 is 0.806 bits per heavy atom. The highest BCUT2D eigenvalue weighted by Crippen LogP contribution is 2.18. The van der Waals surface area contributed by atoms with E-state index in [-0.39, 0.29) is 13.0 Å². The molecule has 3 N–H and O–H groups in total. The van der Waals surface area contributed by atoms with Crippen molar-refractivity contribution in [3.63, 3.8) is 0 Å². The zero-order chi connectivity index (χ0) is 23.6. The molecule has 182 valence electrons. The number of likely N-dealkylation sites (N-methyl/N-ethyl adjacent to an activating group) is 1. The third-order valence-corrected chi connectivity index (χ3v) is 6.02. The molecule has 5 heteroatoms. The van der Waals surface area contributed by atoms with Crippen molar-refractivity contribution >= 4 is 11.7 Å². The fourth-order valence-electron chi connectivity index (χ4n) is 4.17. The van der Waals surface area contributed by atoms with Gasteiger partial charge in [-0.15, -0.1) is 0 Å². The zero-order valence-corrected chi connectivity index (χ0v) is 21.0. The molecule has 1 unspecified atom stereocenters. The first-order valence-electron chi connectivity index (χ1n) is 12.7. The summed E-state index contributed by atoms with van der Waals surface area (Å²) in [5.41, 5.74) is 3.35. The number of aliphatic hydroxyl groups is 1. The number of nitrogens with two attached hydrogens (primary N) is 1. The number of hydrogen-bond donors (Lipinski definition) is 2. The van der Waals surface area contributed by atoms with Gasteiger partial charge in [0.15, 0.2) is 5.78 Å². The molecule has 0 aliphatic rings. The SMILES string of the molecule is CCCCCCCC/C=C\CCCCCCCC(=O)C(O)(C[N+](C)(C)CCC)C(N)=O. The number of primary amides is 1. The van der Waals surface area contributed by atoms with Crippen LogP contribution in [0.1, 0.15) is 110 Å². The Labute approximate surface area is 192 Å². The first-order valence-corrected chi connectivity index (χ1v) is 12.7. The molecule has 0 spiro atoms. The molecule has 0 aromatic heterocycles. The van der Waals surface area contributed by atoms with Gasteiger partial charge in [0.05, 0.1) is 20.6 Å². The van der Waals surface area contributed by atoms with Gasteiger partial charge in [-0.3, -0.25) is 9.59 Å². The quantitative estimate of drug-likeness (QED) is 0.110. The van der Waals surface area contributed by atoms with E-state index in [0.29, 0.717) is 10.9 Å². The number of nitrogens with zero attached hydrogens (tertiary/aromatic N) is 1. The van der Waals surface area contributed by atoms with Crippen LogP contribution in [0.5, 0.6) is 0 Å². The Kier molecular flexibility index (Phi) is 16.7. The molecule has 31 heavy (non-hydrogen) atoms. The Bertz CT molecular complexity index is 517. The highest BCUT2D eigenvalue weighted by Gasteiger charge is 2.46. The largest absolute Gasteiger partial charge is 0.369 e. The Balaban J connectivity index is 3.92. The van der Waals surface area contributed by atoms with E-state index < -0.39 is 17.3 Å². The average molecular weight is 440 g/mol. The van der Waals surface area contributed by atoms with E-state index in [9.17, 15) is 14.7 Å². The monoisotopic (exact) mass is 439 g/mol. The van der Waals surface area contributed by atoms with Crippen molar-refractivity contribution in [3.05, 3.63) is 12.2 Å². The number of allylic oxidation sites excluding steroid dienone is 2. The molecule has 0 radical (unpaired) electrons. The van der Waals surface area contributed by atoms with Crippen LogP contribution in [-0.4, -0.2) is 54.1 Å². The summed E-state index contributed by atoms with van der Waals surface area (Å²) in [5.74, 6) is -1.35. The number of hydrogen-bond acceptors (Lipinski definition) is 3. The molecule has 0 aromatic carbocycles. The van der Waals surface area contributed by atoms with Crippen LogP contribution in [0.2, 0.25) is 0 Å². The number of ketones is 1. The summed E-state index contributed by atoms with van der Waals surface area (Å²) in [6.07, 6.45) is 21.2. The molecule has 0 saturated heterocycles. The van der Waals surface area contributed by atoms with Crippen LogP contribution >= 0.6 is 0 Å². The molecule has 0 aliphatic carbocycles. The molecular formula is C26H51N2O3+. The van der Waals surface area contributed by atoms with Gasteiger partial charge in [0.2, 0.25) is 0 Å². The van der Waals surface area contributed by atoms with Crippen LogP contribution in [0.4, 0.5) is 0 Å². The Hall–Kier alpha value is -1.20. The number of rotatable bonds is 21. The van der Waals surface area contributed by atoms with E-state index in [1.807, 2.05) is 21.0 Å². The fourth-order valence-corrected chi connectivity index (χ4v) is 4.17. The predicted octanol–water partition coefficient (Wildman–Crippen LogP) is 5.30. The van der Waals surface area contributed by atoms with Crippen molar-refractivity contribution in [2.75, 3.05) is 27.2 Å². The van der Waals surface area contributed by atoms with Gasteiger partial charge in [-0.2, -0.15) is 0 Å². The number of amides is 1. The van der Waals surface area contributed by atoms with Crippen LogP contribution in [0.15, 0.2) is 12.2 Å². The number of quaternary nitrogens is 1. The first kappa shape index (κ1) is 29.8. The Morgan fingerprint density at radius 2 is 1.29 bits per heavy atom. The lowest BCUT2D eigenvalue weighted by molar-refractivity contribution is -0.894. The summed E-state index contributed by atoms with van der Waals surface area (Å²) in [5, 5.41) is 10.7. The second-order valence-electron chi connectivity index (χ2n) is 9.80. The molecule has 0 rings (SSSR count). The van der Waals surface area contributed by atoms with Gasteiger partial charge >= 0.3 is 0 Å². The molecule has 0 heterocycles. The van der Waals surface area contributed by atoms with Gasteiger partial charge in [-0.1, -0.05) is 77.4 Å². The van der Waals surface area contributed by atoms with Crippen LogP contribution in [0.25, 0.3) is 0 Å². The Morgan fingerprint density at radius 3 is 1.77 bits per heavy atom. The zero-order valence-electron chi connectivity index (χ0n) is 21.0. The standard InChI is InChI=1S/C26H50N2O3/c1-5-7-8-9-10-11-12-13-14-15-16-17-18-19-20-21-24(29)26(31,25(27)30)23-28(3,4)22-6-2/h13-14,31H,5-12,15-23H2,1-4H3,(H-,27,30)/p+1/b14-13-. The number of Topliss-reactive ketones (excluding diaryl/α,β-unsaturated/α-hetero) is 1. The van der Waals surface area contributed by atoms with E-state index in [4.69, 9.17) is 5.73 Å². The summed E-state index contributed by atoms with van der Waals surface area (Å²) in [6.45, 7) is 5.11. The van der Waals surface area contributed by atoms with Crippen molar-refractivity contribution in [1.82, 2.24) is 0 Å². The lowest BCUT2D eigenvalue weighted by Crippen LogP contribution is -2.62. The predicted molar refractivity (Wildman–Crippen MR) is 131 cm³/mol. The molecule has 0 aromatic rings. The van der Waals surface area contributed by atoms with Crippen LogP contribution in [0.3, 0.4) is 0 Å². The molecule has 5 nitrogen and oxygen atoms in total. The summed E-state index contributed by atoms with van der Waals surface area (Å²) in [4.78, 5) is 24.4. The van der Waals surface area contributed by atoms with E-state index >= 15 is 0 Å². The summed E-state index contributed by atoms with van der Waals surface area (Å²) < 4.78 is 0.397. The van der Waals surface area contributed by atoms with Crippen molar-refractivity contribution in [1.29, 1.82) is 0 Å². The van der Waals surface area contributed by atoms with Gasteiger partial charge in [0.25, 0.3) is 11.5 Å². The summed E-state index contributed by atoms with van der Waals surface area (Å²) in [6, 6.07) is 0. The number of carbonyl (C=O) groups excluding carboxylic acids is 2. The van der Waals surface area contributed by atoms with Crippen molar-refractivity contribution in [3.8, 4) is 0 Å². The lowest BCUT2D eigenvalue weighted by Gasteiger charge is -2.35. The van der Waals surface area contributed by atoms with E-state index in [2.05, 4.69) is 19.1 Å². The maximum atomic E-state index is 12.6. The smallest absolute Gasteiger partial charge is 0.263 e. The van der Waals surface area contributed by atoms with Gasteiger partial charge in [-0.05, 0) is 38.5 Å². The normalized spacial score (nSPS) is 14.1.